The number of thioether (sulfide) groups is 1. The summed E-state index contributed by atoms with van der Waals surface area (Å²) >= 11 is 2.57. The Morgan fingerprint density at radius 2 is 1.92 bits per heavy atom. The molecule has 8 nitrogen and oxygen atoms in total. The molecule has 0 saturated carbocycles. The number of rotatable bonds is 7. The maximum Gasteiger partial charge on any atom is 0.318 e. The minimum Gasteiger partial charge on any atom is -0.497 e. The number of methoxy groups -OCH3 is 1. The summed E-state index contributed by atoms with van der Waals surface area (Å²) in [6.45, 7) is 3.77. The molecule has 1 atom stereocenters. The number of nitrogens with one attached hydrogen (secondary N) is 2. The lowest BCUT2D eigenvalue weighted by atomic mass is 10.1. The predicted molar refractivity (Wildman–Crippen MR) is 98.4 cm³/mol. The van der Waals surface area contributed by atoms with Crippen LogP contribution in [0.4, 0.5) is 15.6 Å². The van der Waals surface area contributed by atoms with Crippen LogP contribution in [0.15, 0.2) is 28.6 Å². The SMILES string of the molecule is COc1ccc(Nc2nnc(S[C@H](C(=O)NC(N)=O)C(C)C)s2)cc1. The van der Waals surface area contributed by atoms with Gasteiger partial charge in [-0.2, -0.15) is 0 Å². The zero-order valence-corrected chi connectivity index (χ0v) is 15.6. The molecule has 25 heavy (non-hydrogen) atoms. The van der Waals surface area contributed by atoms with Crippen LogP contribution < -0.4 is 21.1 Å². The number of hydrogen-bond acceptors (Lipinski definition) is 8. The number of nitrogens with two attached hydrogens (primary N) is 1. The van der Waals surface area contributed by atoms with Crippen molar-refractivity contribution in [1.82, 2.24) is 15.5 Å². The van der Waals surface area contributed by atoms with Crippen LogP contribution >= 0.6 is 23.1 Å². The highest BCUT2D eigenvalue weighted by atomic mass is 32.2. The monoisotopic (exact) mass is 381 g/mol. The van der Waals surface area contributed by atoms with E-state index in [4.69, 9.17) is 10.5 Å². The number of carbonyl (C=O) groups is 2. The van der Waals surface area contributed by atoms with Crippen LogP contribution in [-0.2, 0) is 4.79 Å². The Kier molecular flexibility index (Phi) is 6.59. The first-order valence-electron chi connectivity index (χ1n) is 7.40. The molecule has 1 aromatic heterocycles. The number of aromatic nitrogens is 2. The molecular formula is C15H19N5O3S2. The van der Waals surface area contributed by atoms with Crippen molar-refractivity contribution in [2.24, 2.45) is 11.7 Å². The molecule has 0 unspecified atom stereocenters. The third kappa shape index (κ3) is 5.61. The number of carbonyl (C=O) groups excluding carboxylic acids is 2. The first kappa shape index (κ1) is 19.0. The number of anilines is 2. The average Bonchev–Trinajstić information content (AvgIpc) is 2.99. The molecule has 1 aromatic carbocycles. The van der Waals surface area contributed by atoms with Gasteiger partial charge in [0.1, 0.15) is 5.75 Å². The van der Waals surface area contributed by atoms with E-state index >= 15 is 0 Å². The molecule has 10 heteroatoms. The van der Waals surface area contributed by atoms with Gasteiger partial charge >= 0.3 is 6.03 Å². The molecule has 4 N–H and O–H groups in total. The van der Waals surface area contributed by atoms with Gasteiger partial charge in [-0.25, -0.2) is 4.79 Å². The Morgan fingerprint density at radius 3 is 2.48 bits per heavy atom. The molecule has 0 fully saturated rings. The standard InChI is InChI=1S/C15H19N5O3S2/c1-8(2)11(12(21)18-13(16)22)24-15-20-19-14(25-15)17-9-4-6-10(23-3)7-5-9/h4-8,11H,1-3H3,(H,17,19)(H3,16,18,21,22)/t11-/m0/s1. The highest BCUT2D eigenvalue weighted by molar-refractivity contribution is 8.02. The second kappa shape index (κ2) is 8.67. The second-order valence-electron chi connectivity index (χ2n) is 5.36. The van der Waals surface area contributed by atoms with E-state index in [1.165, 1.54) is 23.1 Å². The highest BCUT2D eigenvalue weighted by Gasteiger charge is 2.26. The fraction of sp³-hybridized carbons (Fsp3) is 0.333. The Bertz CT molecular complexity index is 733. The summed E-state index contributed by atoms with van der Waals surface area (Å²) in [5, 5.41) is 13.5. The molecule has 0 saturated heterocycles. The van der Waals surface area contributed by atoms with E-state index in [1.807, 2.05) is 38.1 Å². The van der Waals surface area contributed by atoms with Crippen LogP contribution in [0.1, 0.15) is 13.8 Å². The predicted octanol–water partition coefficient (Wildman–Crippen LogP) is 2.60. The molecule has 2 rings (SSSR count). The van der Waals surface area contributed by atoms with E-state index in [9.17, 15) is 9.59 Å². The molecule has 0 radical (unpaired) electrons. The average molecular weight is 381 g/mol. The first-order valence-corrected chi connectivity index (χ1v) is 9.10. The molecule has 0 bridgehead atoms. The lowest BCUT2D eigenvalue weighted by Crippen LogP contribution is -2.42. The highest BCUT2D eigenvalue weighted by Crippen LogP contribution is 2.33. The number of amides is 3. The molecule has 134 valence electrons. The van der Waals surface area contributed by atoms with Crippen LogP contribution in [-0.4, -0.2) is 34.5 Å². The van der Waals surface area contributed by atoms with Gasteiger partial charge in [-0.1, -0.05) is 36.9 Å². The van der Waals surface area contributed by atoms with Crippen molar-refractivity contribution in [2.75, 3.05) is 12.4 Å². The molecule has 0 spiro atoms. The Hall–Kier alpha value is -2.33. The third-order valence-electron chi connectivity index (χ3n) is 3.09. The van der Waals surface area contributed by atoms with Crippen molar-refractivity contribution in [3.63, 3.8) is 0 Å². The molecular weight excluding hydrogens is 362 g/mol. The van der Waals surface area contributed by atoms with Gasteiger partial charge in [-0.3, -0.25) is 10.1 Å². The molecule has 1 heterocycles. The van der Waals surface area contributed by atoms with Crippen molar-refractivity contribution < 1.29 is 14.3 Å². The van der Waals surface area contributed by atoms with Crippen LogP contribution in [0.5, 0.6) is 5.75 Å². The van der Waals surface area contributed by atoms with Gasteiger partial charge in [-0.15, -0.1) is 10.2 Å². The van der Waals surface area contributed by atoms with E-state index in [-0.39, 0.29) is 5.92 Å². The smallest absolute Gasteiger partial charge is 0.318 e. The zero-order valence-electron chi connectivity index (χ0n) is 14.0. The number of hydrogen-bond donors (Lipinski definition) is 3. The largest absolute Gasteiger partial charge is 0.497 e. The molecule has 2 aromatic rings. The van der Waals surface area contributed by atoms with Gasteiger partial charge in [0.15, 0.2) is 4.34 Å². The summed E-state index contributed by atoms with van der Waals surface area (Å²) in [6.07, 6.45) is 0. The number of primary amides is 1. The number of imide groups is 1. The van der Waals surface area contributed by atoms with Gasteiger partial charge in [-0.05, 0) is 30.2 Å². The molecule has 3 amide bonds. The Balaban J connectivity index is 2.03. The minimum absolute atomic E-state index is 0.00810. The molecule has 0 aliphatic carbocycles. The maximum atomic E-state index is 12.1. The number of ether oxygens (including phenoxy) is 1. The second-order valence-corrected chi connectivity index (χ2v) is 7.73. The van der Waals surface area contributed by atoms with Crippen molar-refractivity contribution >= 4 is 45.9 Å². The number of nitrogens with zero attached hydrogens (tertiary/aromatic N) is 2. The lowest BCUT2D eigenvalue weighted by molar-refractivity contribution is -0.120. The molecule has 0 aliphatic rings. The van der Waals surface area contributed by atoms with Crippen LogP contribution in [0.25, 0.3) is 0 Å². The van der Waals surface area contributed by atoms with Gasteiger partial charge in [0.25, 0.3) is 0 Å². The van der Waals surface area contributed by atoms with Crippen molar-refractivity contribution in [2.45, 2.75) is 23.4 Å². The van der Waals surface area contributed by atoms with Crippen molar-refractivity contribution in [1.29, 1.82) is 0 Å². The fourth-order valence-electron chi connectivity index (χ4n) is 1.90. The fourth-order valence-corrected chi connectivity index (χ4v) is 3.88. The third-order valence-corrected chi connectivity index (χ3v) is 5.55. The van der Waals surface area contributed by atoms with E-state index in [0.29, 0.717) is 9.47 Å². The van der Waals surface area contributed by atoms with Crippen LogP contribution in [0.2, 0.25) is 0 Å². The molecule has 0 aliphatic heterocycles. The van der Waals surface area contributed by atoms with Gasteiger partial charge in [0.05, 0.1) is 12.4 Å². The van der Waals surface area contributed by atoms with Gasteiger partial charge in [0.2, 0.25) is 11.0 Å². The number of benzene rings is 1. The van der Waals surface area contributed by atoms with Crippen molar-refractivity contribution in [3.05, 3.63) is 24.3 Å². The number of urea groups is 1. The Labute approximate surface area is 153 Å². The summed E-state index contributed by atoms with van der Waals surface area (Å²) in [7, 11) is 1.61. The van der Waals surface area contributed by atoms with Gasteiger partial charge in [0, 0.05) is 5.69 Å². The summed E-state index contributed by atoms with van der Waals surface area (Å²) in [4.78, 5) is 22.9. The quantitative estimate of drug-likeness (QED) is 0.631. The van der Waals surface area contributed by atoms with E-state index in [1.54, 1.807) is 7.11 Å². The summed E-state index contributed by atoms with van der Waals surface area (Å²) in [5.41, 5.74) is 5.86. The van der Waals surface area contributed by atoms with Gasteiger partial charge < -0.3 is 15.8 Å². The topological polar surface area (TPSA) is 119 Å². The van der Waals surface area contributed by atoms with E-state index in [2.05, 4.69) is 20.8 Å². The first-order chi connectivity index (χ1) is 11.9. The normalized spacial score (nSPS) is 11.8. The van der Waals surface area contributed by atoms with Crippen LogP contribution in [0.3, 0.4) is 0 Å². The van der Waals surface area contributed by atoms with E-state index < -0.39 is 17.2 Å². The minimum atomic E-state index is -0.865. The maximum absolute atomic E-state index is 12.1. The van der Waals surface area contributed by atoms with Crippen LogP contribution in [0, 0.1) is 5.92 Å². The van der Waals surface area contributed by atoms with E-state index in [0.717, 1.165) is 11.4 Å². The summed E-state index contributed by atoms with van der Waals surface area (Å²) in [5.74, 6) is 0.318. The summed E-state index contributed by atoms with van der Waals surface area (Å²) < 4.78 is 5.73. The van der Waals surface area contributed by atoms with Crippen molar-refractivity contribution in [3.8, 4) is 5.75 Å². The Morgan fingerprint density at radius 1 is 1.24 bits per heavy atom. The zero-order chi connectivity index (χ0) is 18.4. The lowest BCUT2D eigenvalue weighted by Gasteiger charge is -2.16. The summed E-state index contributed by atoms with van der Waals surface area (Å²) in [6, 6.07) is 6.54.